The van der Waals surface area contributed by atoms with E-state index in [0.717, 1.165) is 25.3 Å². The molecule has 0 radical (unpaired) electrons. The van der Waals surface area contributed by atoms with Gasteiger partial charge in [-0.1, -0.05) is 18.6 Å². The molecular formula is C18H29N5OS2. The maximum Gasteiger partial charge on any atom is 0.185 e. The van der Waals surface area contributed by atoms with Crippen LogP contribution in [0.15, 0.2) is 24.3 Å². The lowest BCUT2D eigenvalue weighted by Crippen LogP contribution is -2.49. The molecule has 144 valence electrons. The first kappa shape index (κ1) is 20.7. The van der Waals surface area contributed by atoms with Crippen LogP contribution in [0.5, 0.6) is 5.75 Å². The second kappa shape index (κ2) is 11.9. The first-order chi connectivity index (χ1) is 12.7. The van der Waals surface area contributed by atoms with E-state index in [9.17, 15) is 0 Å². The molecule has 0 bridgehead atoms. The van der Waals surface area contributed by atoms with Crippen molar-refractivity contribution in [3.63, 3.8) is 0 Å². The standard InChI is InChI=1S/C18H29N5OS2/c1-19-17(25)21-22-18(26)20-9-6-12-24-16-8-5-7-15(13-16)14-23-10-3-2-4-11-23/h5,7-8,13H,2-4,6,9-12,14H2,1H3,(H2,19,21,25)(H2,20,22,26). The van der Waals surface area contributed by atoms with Gasteiger partial charge in [0.1, 0.15) is 5.75 Å². The highest BCUT2D eigenvalue weighted by atomic mass is 32.1. The van der Waals surface area contributed by atoms with Gasteiger partial charge in [0, 0.05) is 20.1 Å². The summed E-state index contributed by atoms with van der Waals surface area (Å²) in [6.45, 7) is 4.80. The summed E-state index contributed by atoms with van der Waals surface area (Å²) >= 11 is 10.1. The zero-order chi connectivity index (χ0) is 18.6. The summed E-state index contributed by atoms with van der Waals surface area (Å²) in [5.74, 6) is 0.932. The third kappa shape index (κ3) is 8.16. The molecule has 0 atom stereocenters. The quantitative estimate of drug-likeness (QED) is 0.317. The molecule has 0 aromatic heterocycles. The van der Waals surface area contributed by atoms with Crippen LogP contribution in [0.2, 0.25) is 0 Å². The molecule has 1 aliphatic heterocycles. The molecule has 0 aliphatic carbocycles. The minimum Gasteiger partial charge on any atom is -0.494 e. The molecule has 8 heteroatoms. The number of nitrogens with one attached hydrogen (secondary N) is 4. The van der Waals surface area contributed by atoms with Gasteiger partial charge in [-0.15, -0.1) is 0 Å². The number of rotatable bonds is 7. The Morgan fingerprint density at radius 3 is 2.65 bits per heavy atom. The third-order valence-electron chi connectivity index (χ3n) is 4.15. The zero-order valence-electron chi connectivity index (χ0n) is 15.3. The molecule has 6 nitrogen and oxygen atoms in total. The Hall–Kier alpha value is -1.64. The molecule has 0 unspecified atom stereocenters. The van der Waals surface area contributed by atoms with E-state index in [2.05, 4.69) is 44.6 Å². The number of likely N-dealkylation sites (tertiary alicyclic amines) is 1. The van der Waals surface area contributed by atoms with Crippen molar-refractivity contribution >= 4 is 34.7 Å². The predicted octanol–water partition coefficient (Wildman–Crippen LogP) is 1.91. The molecule has 1 aromatic carbocycles. The minimum absolute atomic E-state index is 0.488. The van der Waals surface area contributed by atoms with Gasteiger partial charge < -0.3 is 15.4 Å². The molecule has 2 rings (SSSR count). The molecule has 1 aromatic rings. The van der Waals surface area contributed by atoms with Gasteiger partial charge in [0.2, 0.25) is 0 Å². The topological polar surface area (TPSA) is 60.6 Å². The smallest absolute Gasteiger partial charge is 0.185 e. The lowest BCUT2D eigenvalue weighted by atomic mass is 10.1. The van der Waals surface area contributed by atoms with Crippen LogP contribution in [0.25, 0.3) is 0 Å². The normalized spacial score (nSPS) is 14.3. The van der Waals surface area contributed by atoms with Crippen molar-refractivity contribution in [2.45, 2.75) is 32.2 Å². The van der Waals surface area contributed by atoms with Crippen LogP contribution in [-0.2, 0) is 6.54 Å². The second-order valence-electron chi connectivity index (χ2n) is 6.27. The number of ether oxygens (including phenoxy) is 1. The van der Waals surface area contributed by atoms with Crippen LogP contribution in [0.3, 0.4) is 0 Å². The number of thiocarbonyl (C=S) groups is 2. The number of benzene rings is 1. The van der Waals surface area contributed by atoms with Crippen molar-refractivity contribution in [2.75, 3.05) is 33.3 Å². The van der Waals surface area contributed by atoms with Gasteiger partial charge in [-0.25, -0.2) is 0 Å². The van der Waals surface area contributed by atoms with Gasteiger partial charge in [0.15, 0.2) is 10.2 Å². The Kier molecular flexibility index (Phi) is 9.44. The average molecular weight is 396 g/mol. The SMILES string of the molecule is CNC(=S)NNC(=S)NCCCOc1cccc(CN2CCCCC2)c1. The first-order valence-corrected chi connectivity index (χ1v) is 9.94. The lowest BCUT2D eigenvalue weighted by molar-refractivity contribution is 0.220. The van der Waals surface area contributed by atoms with Gasteiger partial charge in [-0.05, 0) is 74.5 Å². The highest BCUT2D eigenvalue weighted by Crippen LogP contribution is 2.17. The van der Waals surface area contributed by atoms with Gasteiger partial charge in [-0.3, -0.25) is 15.8 Å². The fourth-order valence-corrected chi connectivity index (χ4v) is 3.00. The Morgan fingerprint density at radius 2 is 1.88 bits per heavy atom. The molecule has 0 saturated carbocycles. The number of nitrogens with zero attached hydrogens (tertiary/aromatic N) is 1. The van der Waals surface area contributed by atoms with Crippen LogP contribution >= 0.6 is 24.4 Å². The maximum atomic E-state index is 5.86. The third-order valence-corrected chi connectivity index (χ3v) is 4.70. The molecule has 1 saturated heterocycles. The number of hydrogen-bond acceptors (Lipinski definition) is 4. The predicted molar refractivity (Wildman–Crippen MR) is 114 cm³/mol. The molecule has 1 aliphatic rings. The average Bonchev–Trinajstić information content (AvgIpc) is 2.67. The van der Waals surface area contributed by atoms with Gasteiger partial charge in [-0.2, -0.15) is 0 Å². The maximum absolute atomic E-state index is 5.86. The highest BCUT2D eigenvalue weighted by Gasteiger charge is 2.10. The van der Waals surface area contributed by atoms with Crippen LogP contribution in [-0.4, -0.2) is 48.4 Å². The monoisotopic (exact) mass is 395 g/mol. The van der Waals surface area contributed by atoms with E-state index in [1.807, 2.05) is 6.07 Å². The fraction of sp³-hybridized carbons (Fsp3) is 0.556. The van der Waals surface area contributed by atoms with Crippen molar-refractivity contribution in [3.05, 3.63) is 29.8 Å². The van der Waals surface area contributed by atoms with E-state index in [1.54, 1.807) is 7.05 Å². The highest BCUT2D eigenvalue weighted by molar-refractivity contribution is 7.80. The number of piperidine rings is 1. The second-order valence-corrected chi connectivity index (χ2v) is 7.09. The number of hydrogen-bond donors (Lipinski definition) is 4. The van der Waals surface area contributed by atoms with Crippen molar-refractivity contribution in [3.8, 4) is 5.75 Å². The largest absolute Gasteiger partial charge is 0.494 e. The van der Waals surface area contributed by atoms with E-state index >= 15 is 0 Å². The van der Waals surface area contributed by atoms with E-state index in [1.165, 1.54) is 37.9 Å². The molecular weight excluding hydrogens is 366 g/mol. The van der Waals surface area contributed by atoms with Gasteiger partial charge in [0.25, 0.3) is 0 Å². The zero-order valence-corrected chi connectivity index (χ0v) is 17.0. The van der Waals surface area contributed by atoms with Crippen LogP contribution in [0.4, 0.5) is 0 Å². The Bertz CT molecular complexity index is 578. The molecule has 1 heterocycles. The molecule has 1 fully saturated rings. The molecule has 0 amide bonds. The van der Waals surface area contributed by atoms with Gasteiger partial charge >= 0.3 is 0 Å². The van der Waals surface area contributed by atoms with Crippen LogP contribution in [0.1, 0.15) is 31.2 Å². The van der Waals surface area contributed by atoms with Crippen molar-refractivity contribution in [1.29, 1.82) is 0 Å². The summed E-state index contributed by atoms with van der Waals surface area (Å²) in [5.41, 5.74) is 6.90. The fourth-order valence-electron chi connectivity index (χ4n) is 2.79. The van der Waals surface area contributed by atoms with E-state index < -0.39 is 0 Å². The van der Waals surface area contributed by atoms with Crippen LogP contribution < -0.4 is 26.2 Å². The summed E-state index contributed by atoms with van der Waals surface area (Å²) < 4.78 is 5.86. The summed E-state index contributed by atoms with van der Waals surface area (Å²) in [6.07, 6.45) is 4.85. The van der Waals surface area contributed by atoms with Crippen molar-refractivity contribution in [1.82, 2.24) is 26.4 Å². The number of hydrazine groups is 1. The van der Waals surface area contributed by atoms with Gasteiger partial charge in [0.05, 0.1) is 6.61 Å². The summed E-state index contributed by atoms with van der Waals surface area (Å²) in [6, 6.07) is 8.41. The lowest BCUT2D eigenvalue weighted by Gasteiger charge is -2.26. The summed E-state index contributed by atoms with van der Waals surface area (Å²) in [4.78, 5) is 2.52. The van der Waals surface area contributed by atoms with Crippen molar-refractivity contribution in [2.24, 2.45) is 0 Å². The molecule has 26 heavy (non-hydrogen) atoms. The van der Waals surface area contributed by atoms with Crippen LogP contribution in [0, 0.1) is 0 Å². The summed E-state index contributed by atoms with van der Waals surface area (Å²) in [7, 11) is 1.74. The molecule has 0 spiro atoms. The van der Waals surface area contributed by atoms with E-state index in [4.69, 9.17) is 29.2 Å². The van der Waals surface area contributed by atoms with Crippen molar-refractivity contribution < 1.29 is 4.74 Å². The Morgan fingerprint density at radius 1 is 1.12 bits per heavy atom. The van der Waals surface area contributed by atoms with E-state index in [-0.39, 0.29) is 0 Å². The minimum atomic E-state index is 0.488. The Balaban J connectivity index is 1.61. The molecule has 4 N–H and O–H groups in total. The first-order valence-electron chi connectivity index (χ1n) is 9.13. The Labute approximate surface area is 167 Å². The van der Waals surface area contributed by atoms with E-state index in [0.29, 0.717) is 16.8 Å². The summed E-state index contributed by atoms with van der Waals surface area (Å²) in [5, 5.41) is 6.88.